The molecule has 0 spiro atoms. The number of carbonyl (C=O) groups is 1. The SMILES string of the molecule is O=C(O)c1ncsc1NC1C=CS(=O)(=O)C1. The number of hydrogen-bond donors (Lipinski definition) is 2. The Morgan fingerprint density at radius 2 is 2.38 bits per heavy atom. The molecule has 1 unspecified atom stereocenters. The van der Waals surface area contributed by atoms with E-state index in [2.05, 4.69) is 10.3 Å². The predicted octanol–water partition coefficient (Wildman–Crippen LogP) is 0.564. The van der Waals surface area contributed by atoms with Crippen molar-refractivity contribution in [3.05, 3.63) is 22.7 Å². The number of nitrogens with one attached hydrogen (secondary N) is 1. The predicted molar refractivity (Wildman–Crippen MR) is 59.4 cm³/mol. The Bertz CT molecular complexity index is 546. The van der Waals surface area contributed by atoms with Crippen LogP contribution in [0.15, 0.2) is 17.0 Å². The van der Waals surface area contributed by atoms with Crippen molar-refractivity contribution in [3.63, 3.8) is 0 Å². The highest BCUT2D eigenvalue weighted by Gasteiger charge is 2.23. The van der Waals surface area contributed by atoms with Crippen molar-refractivity contribution in [1.29, 1.82) is 0 Å². The first kappa shape index (κ1) is 11.1. The van der Waals surface area contributed by atoms with Gasteiger partial charge in [-0.2, -0.15) is 0 Å². The molecular weight excluding hydrogens is 252 g/mol. The molecule has 0 amide bonds. The van der Waals surface area contributed by atoms with Gasteiger partial charge in [0.2, 0.25) is 0 Å². The van der Waals surface area contributed by atoms with Gasteiger partial charge in [0.15, 0.2) is 15.5 Å². The summed E-state index contributed by atoms with van der Waals surface area (Å²) in [5.74, 6) is -1.18. The molecule has 1 atom stereocenters. The van der Waals surface area contributed by atoms with Crippen molar-refractivity contribution in [2.45, 2.75) is 6.04 Å². The highest BCUT2D eigenvalue weighted by Crippen LogP contribution is 2.23. The number of sulfone groups is 1. The average molecular weight is 260 g/mol. The molecule has 8 heteroatoms. The van der Waals surface area contributed by atoms with Crippen LogP contribution >= 0.6 is 11.3 Å². The van der Waals surface area contributed by atoms with E-state index in [1.54, 1.807) is 0 Å². The number of hydrogen-bond acceptors (Lipinski definition) is 6. The highest BCUT2D eigenvalue weighted by atomic mass is 32.2. The summed E-state index contributed by atoms with van der Waals surface area (Å²) >= 11 is 1.13. The largest absolute Gasteiger partial charge is 0.476 e. The van der Waals surface area contributed by atoms with E-state index in [0.29, 0.717) is 5.00 Å². The van der Waals surface area contributed by atoms with Crippen molar-refractivity contribution in [2.24, 2.45) is 0 Å². The minimum absolute atomic E-state index is 0.0516. The number of nitrogens with zero attached hydrogens (tertiary/aromatic N) is 1. The van der Waals surface area contributed by atoms with Gasteiger partial charge in [-0.3, -0.25) is 0 Å². The number of carboxylic acids is 1. The molecule has 2 heterocycles. The summed E-state index contributed by atoms with van der Waals surface area (Å²) in [6.07, 6.45) is 1.50. The molecule has 0 saturated carbocycles. The van der Waals surface area contributed by atoms with Gasteiger partial charge in [0, 0.05) is 5.41 Å². The number of aromatic nitrogens is 1. The summed E-state index contributed by atoms with van der Waals surface area (Å²) in [7, 11) is -3.14. The lowest BCUT2D eigenvalue weighted by Gasteiger charge is -2.09. The van der Waals surface area contributed by atoms with E-state index < -0.39 is 15.8 Å². The van der Waals surface area contributed by atoms with Gasteiger partial charge in [0.1, 0.15) is 5.00 Å². The Morgan fingerprint density at radius 1 is 1.62 bits per heavy atom. The number of rotatable bonds is 3. The van der Waals surface area contributed by atoms with Crippen LogP contribution in [0.3, 0.4) is 0 Å². The van der Waals surface area contributed by atoms with Crippen LogP contribution in [0.25, 0.3) is 0 Å². The molecule has 1 aliphatic rings. The summed E-state index contributed by atoms with van der Waals surface area (Å²) in [4.78, 5) is 14.4. The molecule has 1 aromatic heterocycles. The maximum atomic E-state index is 11.1. The topological polar surface area (TPSA) is 96.4 Å². The van der Waals surface area contributed by atoms with Gasteiger partial charge in [0.05, 0.1) is 17.3 Å². The summed E-state index contributed by atoms with van der Waals surface area (Å²) in [6.45, 7) is 0. The summed E-state index contributed by atoms with van der Waals surface area (Å²) in [6, 6.07) is -0.386. The van der Waals surface area contributed by atoms with E-state index in [1.165, 1.54) is 11.6 Å². The second-order valence-electron chi connectivity index (χ2n) is 3.24. The van der Waals surface area contributed by atoms with E-state index in [-0.39, 0.29) is 17.5 Å². The summed E-state index contributed by atoms with van der Waals surface area (Å²) in [5.41, 5.74) is 1.32. The molecule has 2 rings (SSSR count). The van der Waals surface area contributed by atoms with E-state index in [4.69, 9.17) is 5.11 Å². The fourth-order valence-corrected chi connectivity index (χ4v) is 3.30. The van der Waals surface area contributed by atoms with E-state index in [1.807, 2.05) is 0 Å². The molecule has 6 nitrogen and oxygen atoms in total. The Morgan fingerprint density at radius 3 is 2.94 bits per heavy atom. The van der Waals surface area contributed by atoms with Gasteiger partial charge < -0.3 is 10.4 Å². The van der Waals surface area contributed by atoms with Gasteiger partial charge >= 0.3 is 5.97 Å². The molecule has 0 fully saturated rings. The standard InChI is InChI=1S/C8H8N2O4S2/c11-8(12)6-7(15-4-9-6)10-5-1-2-16(13,14)3-5/h1-2,4-5,10H,3H2,(H,11,12). The first-order chi connectivity index (χ1) is 7.48. The molecule has 0 bridgehead atoms. The second kappa shape index (κ2) is 3.87. The van der Waals surface area contributed by atoms with Crippen molar-refractivity contribution in [2.75, 3.05) is 11.1 Å². The van der Waals surface area contributed by atoms with Crippen molar-refractivity contribution in [1.82, 2.24) is 4.98 Å². The third-order valence-corrected chi connectivity index (χ3v) is 4.17. The van der Waals surface area contributed by atoms with Gasteiger partial charge in [0.25, 0.3) is 0 Å². The number of aromatic carboxylic acids is 1. The maximum Gasteiger partial charge on any atom is 0.357 e. The monoisotopic (exact) mass is 260 g/mol. The Kier molecular flexibility index (Phi) is 2.68. The summed E-state index contributed by atoms with van der Waals surface area (Å²) < 4.78 is 22.3. The van der Waals surface area contributed by atoms with E-state index in [9.17, 15) is 13.2 Å². The number of carboxylic acid groups (broad SMARTS) is 1. The van der Waals surface area contributed by atoms with Crippen LogP contribution in [0.2, 0.25) is 0 Å². The van der Waals surface area contributed by atoms with Gasteiger partial charge in [-0.15, -0.1) is 11.3 Å². The zero-order valence-electron chi connectivity index (χ0n) is 7.95. The lowest BCUT2D eigenvalue weighted by atomic mass is 10.3. The Hall–Kier alpha value is -1.41. The molecule has 1 aromatic rings. The zero-order chi connectivity index (χ0) is 11.8. The lowest BCUT2D eigenvalue weighted by molar-refractivity contribution is 0.0692. The van der Waals surface area contributed by atoms with Crippen LogP contribution in [0, 0.1) is 0 Å². The molecule has 0 radical (unpaired) electrons. The fraction of sp³-hybridized carbons (Fsp3) is 0.250. The molecule has 2 N–H and O–H groups in total. The van der Waals surface area contributed by atoms with Crippen LogP contribution in [0.4, 0.5) is 5.00 Å². The Balaban J connectivity index is 2.14. The molecule has 0 aromatic carbocycles. The summed E-state index contributed by atoms with van der Waals surface area (Å²) in [5, 5.41) is 13.1. The second-order valence-corrected chi connectivity index (χ2v) is 6.03. The van der Waals surface area contributed by atoms with Crippen LogP contribution in [0.1, 0.15) is 10.5 Å². The zero-order valence-corrected chi connectivity index (χ0v) is 9.59. The first-order valence-corrected chi connectivity index (χ1v) is 6.92. The third-order valence-electron chi connectivity index (χ3n) is 2.02. The highest BCUT2D eigenvalue weighted by molar-refractivity contribution is 7.94. The number of thiazole rings is 1. The first-order valence-electron chi connectivity index (χ1n) is 4.32. The van der Waals surface area contributed by atoms with Crippen LogP contribution < -0.4 is 5.32 Å². The molecule has 0 saturated heterocycles. The minimum Gasteiger partial charge on any atom is -0.476 e. The molecule has 0 aliphatic carbocycles. The molecule has 16 heavy (non-hydrogen) atoms. The van der Waals surface area contributed by atoms with Gasteiger partial charge in [-0.05, 0) is 6.08 Å². The van der Waals surface area contributed by atoms with Crippen LogP contribution in [-0.4, -0.2) is 36.3 Å². The van der Waals surface area contributed by atoms with Crippen molar-refractivity contribution >= 4 is 32.1 Å². The number of anilines is 1. The molecule has 1 aliphatic heterocycles. The van der Waals surface area contributed by atoms with E-state index >= 15 is 0 Å². The van der Waals surface area contributed by atoms with Gasteiger partial charge in [-0.1, -0.05) is 0 Å². The third kappa shape index (κ3) is 2.22. The Labute approximate surface area is 95.6 Å². The average Bonchev–Trinajstić information content (AvgIpc) is 2.73. The fourth-order valence-electron chi connectivity index (χ4n) is 1.34. The van der Waals surface area contributed by atoms with Crippen LogP contribution in [-0.2, 0) is 9.84 Å². The smallest absolute Gasteiger partial charge is 0.357 e. The van der Waals surface area contributed by atoms with Crippen LogP contribution in [0.5, 0.6) is 0 Å². The van der Waals surface area contributed by atoms with Crippen molar-refractivity contribution in [3.8, 4) is 0 Å². The normalized spacial score (nSPS) is 22.1. The molecular formula is C8H8N2O4S2. The molecule has 86 valence electrons. The van der Waals surface area contributed by atoms with E-state index in [0.717, 1.165) is 16.7 Å². The minimum atomic E-state index is -3.14. The lowest BCUT2D eigenvalue weighted by Crippen LogP contribution is -2.21. The quantitative estimate of drug-likeness (QED) is 0.824. The van der Waals surface area contributed by atoms with Crippen molar-refractivity contribution < 1.29 is 18.3 Å². The van der Waals surface area contributed by atoms with Gasteiger partial charge in [-0.25, -0.2) is 18.2 Å². The maximum absolute atomic E-state index is 11.1.